The maximum Gasteiger partial charge on any atom is 0.223 e. The molecule has 13 heavy (non-hydrogen) atoms. The maximum absolute atomic E-state index is 10.9. The number of carbonyl (C=O) groups excluding carboxylic acids is 1. The molecule has 0 N–H and O–H groups in total. The molecule has 0 saturated carbocycles. The number of amides is 1. The Balaban J connectivity index is 1.86. The van der Waals surface area contributed by atoms with E-state index in [-0.39, 0.29) is 5.91 Å². The third-order valence-corrected chi connectivity index (χ3v) is 3.45. The summed E-state index contributed by atoms with van der Waals surface area (Å²) in [4.78, 5) is 15.1. The van der Waals surface area contributed by atoms with Crippen molar-refractivity contribution >= 4 is 5.91 Å². The van der Waals surface area contributed by atoms with Crippen molar-refractivity contribution in [3.8, 4) is 0 Å². The van der Waals surface area contributed by atoms with Gasteiger partial charge in [0.05, 0.1) is 0 Å². The van der Waals surface area contributed by atoms with Crippen LogP contribution in [0, 0.1) is 12.3 Å². The van der Waals surface area contributed by atoms with E-state index in [9.17, 15) is 4.79 Å². The van der Waals surface area contributed by atoms with Crippen LogP contribution in [0.5, 0.6) is 0 Å². The number of hydrogen-bond donors (Lipinski definition) is 0. The average Bonchev–Trinajstić information content (AvgIpc) is 2.02. The van der Waals surface area contributed by atoms with Gasteiger partial charge in [0.1, 0.15) is 0 Å². The highest BCUT2D eigenvalue weighted by atomic mass is 16.2. The number of carbonyl (C=O) groups is 1. The summed E-state index contributed by atoms with van der Waals surface area (Å²) in [5.74, 6) is -0.00967. The minimum absolute atomic E-state index is 0.00967. The zero-order valence-electron chi connectivity index (χ0n) is 8.25. The number of rotatable bonds is 0. The van der Waals surface area contributed by atoms with Crippen LogP contribution in [-0.4, -0.2) is 48.9 Å². The van der Waals surface area contributed by atoms with Crippen molar-refractivity contribution in [1.29, 1.82) is 0 Å². The maximum atomic E-state index is 10.9. The number of hydrogen-bond acceptors (Lipinski definition) is 2. The summed E-state index contributed by atoms with van der Waals surface area (Å²) in [6, 6.07) is 0. The van der Waals surface area contributed by atoms with Crippen LogP contribution in [0.2, 0.25) is 0 Å². The molecule has 0 aromatic carbocycles. The third-order valence-electron chi connectivity index (χ3n) is 3.45. The van der Waals surface area contributed by atoms with Gasteiger partial charge in [-0.2, -0.15) is 0 Å². The standard InChI is InChI=1S/C10H17N2O/c1-9(13)12-7-10(8-12)3-5-11(2)6-4-10/h1,3-8H2,2H3. The first kappa shape index (κ1) is 9.00. The predicted octanol–water partition coefficient (Wildman–Crippen LogP) is 0.375. The van der Waals surface area contributed by atoms with E-state index in [2.05, 4.69) is 18.9 Å². The lowest BCUT2D eigenvalue weighted by Crippen LogP contribution is -2.61. The molecule has 2 saturated heterocycles. The highest BCUT2D eigenvalue weighted by Crippen LogP contribution is 2.39. The fourth-order valence-electron chi connectivity index (χ4n) is 2.35. The molecule has 2 heterocycles. The van der Waals surface area contributed by atoms with Crippen molar-refractivity contribution in [2.24, 2.45) is 5.41 Å². The summed E-state index contributed by atoms with van der Waals surface area (Å²) in [7, 11) is 2.16. The minimum atomic E-state index is -0.00967. The molecule has 3 heteroatoms. The molecule has 0 aliphatic carbocycles. The molecule has 2 fully saturated rings. The first-order chi connectivity index (χ1) is 6.11. The summed E-state index contributed by atoms with van der Waals surface area (Å²) in [6.45, 7) is 7.68. The van der Waals surface area contributed by atoms with Crippen LogP contribution in [0.3, 0.4) is 0 Å². The average molecular weight is 181 g/mol. The normalized spacial score (nSPS) is 27.4. The molecule has 1 spiro atoms. The van der Waals surface area contributed by atoms with Gasteiger partial charge in [-0.25, -0.2) is 0 Å². The zero-order valence-corrected chi connectivity index (χ0v) is 8.25. The second-order valence-electron chi connectivity index (χ2n) is 4.55. The lowest BCUT2D eigenvalue weighted by Gasteiger charge is -2.53. The quantitative estimate of drug-likeness (QED) is 0.539. The van der Waals surface area contributed by atoms with Crippen molar-refractivity contribution in [1.82, 2.24) is 9.80 Å². The van der Waals surface area contributed by atoms with Crippen LogP contribution in [0.4, 0.5) is 0 Å². The van der Waals surface area contributed by atoms with Gasteiger partial charge in [0.2, 0.25) is 5.91 Å². The fourth-order valence-corrected chi connectivity index (χ4v) is 2.35. The molecule has 1 radical (unpaired) electrons. The molecule has 2 rings (SSSR count). The van der Waals surface area contributed by atoms with E-state index in [1.807, 2.05) is 4.90 Å². The lowest BCUT2D eigenvalue weighted by atomic mass is 9.72. The highest BCUT2D eigenvalue weighted by molar-refractivity contribution is 5.81. The van der Waals surface area contributed by atoms with E-state index >= 15 is 0 Å². The van der Waals surface area contributed by atoms with Gasteiger partial charge in [-0.1, -0.05) is 0 Å². The molecule has 0 bridgehead atoms. The van der Waals surface area contributed by atoms with Crippen LogP contribution >= 0.6 is 0 Å². The second-order valence-corrected chi connectivity index (χ2v) is 4.55. The molecule has 2 aliphatic heterocycles. The molecular weight excluding hydrogens is 164 g/mol. The van der Waals surface area contributed by atoms with E-state index < -0.39 is 0 Å². The van der Waals surface area contributed by atoms with Gasteiger partial charge in [0.25, 0.3) is 0 Å². The lowest BCUT2D eigenvalue weighted by molar-refractivity contribution is -0.141. The molecular formula is C10H17N2O. The molecule has 73 valence electrons. The number of nitrogens with zero attached hydrogens (tertiary/aromatic N) is 2. The minimum Gasteiger partial charge on any atom is -0.341 e. The molecule has 0 aromatic heterocycles. The summed E-state index contributed by atoms with van der Waals surface area (Å²) in [6.07, 6.45) is 2.49. The van der Waals surface area contributed by atoms with Crippen LogP contribution in [0.1, 0.15) is 12.8 Å². The number of likely N-dealkylation sites (tertiary alicyclic amines) is 2. The van der Waals surface area contributed by atoms with Crippen molar-refractivity contribution in [2.45, 2.75) is 12.8 Å². The Hall–Kier alpha value is -0.570. The Kier molecular flexibility index (Phi) is 2.06. The van der Waals surface area contributed by atoms with Crippen molar-refractivity contribution in [3.63, 3.8) is 0 Å². The third kappa shape index (κ3) is 1.57. The van der Waals surface area contributed by atoms with Crippen LogP contribution in [0.15, 0.2) is 0 Å². The Labute approximate surface area is 79.7 Å². The first-order valence-corrected chi connectivity index (χ1v) is 4.91. The van der Waals surface area contributed by atoms with Crippen LogP contribution < -0.4 is 0 Å². The van der Waals surface area contributed by atoms with Crippen molar-refractivity contribution in [3.05, 3.63) is 6.92 Å². The van der Waals surface area contributed by atoms with Crippen LogP contribution in [-0.2, 0) is 4.79 Å². The summed E-state index contributed by atoms with van der Waals surface area (Å²) >= 11 is 0. The highest BCUT2D eigenvalue weighted by Gasteiger charge is 2.45. The Morgan fingerprint density at radius 1 is 1.31 bits per heavy atom. The molecule has 3 nitrogen and oxygen atoms in total. The molecule has 0 unspecified atom stereocenters. The van der Waals surface area contributed by atoms with E-state index in [1.54, 1.807) is 0 Å². The Bertz CT molecular complexity index is 211. The topological polar surface area (TPSA) is 23.6 Å². The smallest absolute Gasteiger partial charge is 0.223 e. The molecule has 0 atom stereocenters. The van der Waals surface area contributed by atoms with E-state index in [0.29, 0.717) is 5.41 Å². The fraction of sp³-hybridized carbons (Fsp3) is 0.800. The van der Waals surface area contributed by atoms with Crippen molar-refractivity contribution in [2.75, 3.05) is 33.2 Å². The van der Waals surface area contributed by atoms with Gasteiger partial charge >= 0.3 is 0 Å². The molecule has 2 aliphatic rings. The van der Waals surface area contributed by atoms with E-state index in [1.165, 1.54) is 25.9 Å². The van der Waals surface area contributed by atoms with Crippen molar-refractivity contribution < 1.29 is 4.79 Å². The van der Waals surface area contributed by atoms with Gasteiger partial charge in [0, 0.05) is 25.4 Å². The zero-order chi connectivity index (χ0) is 9.47. The van der Waals surface area contributed by atoms with Crippen LogP contribution in [0.25, 0.3) is 0 Å². The predicted molar refractivity (Wildman–Crippen MR) is 51.1 cm³/mol. The van der Waals surface area contributed by atoms with Gasteiger partial charge < -0.3 is 9.80 Å². The molecule has 1 amide bonds. The van der Waals surface area contributed by atoms with E-state index in [0.717, 1.165) is 13.1 Å². The first-order valence-electron chi connectivity index (χ1n) is 4.91. The summed E-state index contributed by atoms with van der Waals surface area (Å²) < 4.78 is 0. The second kappa shape index (κ2) is 2.98. The Morgan fingerprint density at radius 2 is 1.85 bits per heavy atom. The van der Waals surface area contributed by atoms with Gasteiger partial charge in [0.15, 0.2) is 0 Å². The van der Waals surface area contributed by atoms with Gasteiger partial charge in [-0.15, -0.1) is 0 Å². The van der Waals surface area contributed by atoms with Gasteiger partial charge in [-0.3, -0.25) is 4.79 Å². The SMILES string of the molecule is [CH2]C(=O)N1CC2(CCN(C)CC2)C1. The summed E-state index contributed by atoms with van der Waals surface area (Å²) in [5, 5.41) is 0. The summed E-state index contributed by atoms with van der Waals surface area (Å²) in [5.41, 5.74) is 0.458. The number of piperidine rings is 1. The largest absolute Gasteiger partial charge is 0.341 e. The van der Waals surface area contributed by atoms with E-state index in [4.69, 9.17) is 0 Å². The molecule has 0 aromatic rings. The van der Waals surface area contributed by atoms with Gasteiger partial charge in [-0.05, 0) is 33.0 Å². The monoisotopic (exact) mass is 181 g/mol. The Morgan fingerprint density at radius 3 is 2.31 bits per heavy atom.